The molecule has 30 heavy (non-hydrogen) atoms. The third-order valence-corrected chi connectivity index (χ3v) is 4.71. The maximum Gasteiger partial charge on any atom is 0.224 e. The van der Waals surface area contributed by atoms with Gasteiger partial charge in [-0.15, -0.1) is 0 Å². The van der Waals surface area contributed by atoms with Gasteiger partial charge >= 0.3 is 0 Å². The Morgan fingerprint density at radius 2 is 1.60 bits per heavy atom. The second-order valence-corrected chi connectivity index (χ2v) is 7.04. The van der Waals surface area contributed by atoms with Gasteiger partial charge in [0.15, 0.2) is 0 Å². The summed E-state index contributed by atoms with van der Waals surface area (Å²) in [6, 6.07) is 20.3. The van der Waals surface area contributed by atoms with Crippen LogP contribution in [0.1, 0.15) is 30.4 Å². The fourth-order valence-electron chi connectivity index (χ4n) is 3.09. The summed E-state index contributed by atoms with van der Waals surface area (Å²) in [5.41, 5.74) is 2.06. The van der Waals surface area contributed by atoms with E-state index in [1.807, 2.05) is 30.3 Å². The van der Waals surface area contributed by atoms with Crippen LogP contribution in [0.15, 0.2) is 66.9 Å². The number of ether oxygens (including phenoxy) is 1. The van der Waals surface area contributed by atoms with Gasteiger partial charge in [0.05, 0.1) is 13.2 Å². The maximum absolute atomic E-state index is 9.54. The van der Waals surface area contributed by atoms with E-state index in [0.717, 1.165) is 31.6 Å². The number of hydrogen-bond donors (Lipinski definition) is 3. The Morgan fingerprint density at radius 1 is 0.833 bits per heavy atom. The normalized spacial score (nSPS) is 10.6. The molecule has 3 rings (SSSR count). The van der Waals surface area contributed by atoms with Gasteiger partial charge in [0.25, 0.3) is 0 Å². The average molecular weight is 407 g/mol. The Hall–Kier alpha value is -3.12. The number of anilines is 2. The molecule has 0 aliphatic carbocycles. The second-order valence-electron chi connectivity index (χ2n) is 7.04. The van der Waals surface area contributed by atoms with Crippen molar-refractivity contribution in [3.05, 3.63) is 78.0 Å². The minimum Gasteiger partial charge on any atom is -0.492 e. The second kappa shape index (κ2) is 12.4. The predicted octanol–water partition coefficient (Wildman–Crippen LogP) is 4.28. The highest BCUT2D eigenvalue weighted by Gasteiger charge is 2.06. The van der Waals surface area contributed by atoms with Crippen LogP contribution in [-0.4, -0.2) is 34.8 Å². The molecule has 0 fully saturated rings. The standard InChI is InChI=1S/C24H30N4O2/c29-19-21-18-27-24(26-15-9-3-6-12-20-10-4-1-5-11-20)28-23(21)25-16-17-30-22-13-7-2-8-14-22/h1-2,4-5,7-8,10-11,13-14,18,29H,3,6,9,12,15-17,19H2,(H2,25,26,27,28). The number of aliphatic hydroxyl groups excluding tert-OH is 1. The largest absolute Gasteiger partial charge is 0.492 e. The Kier molecular flexibility index (Phi) is 8.95. The van der Waals surface area contributed by atoms with Gasteiger partial charge in [0.1, 0.15) is 18.2 Å². The van der Waals surface area contributed by atoms with Crippen molar-refractivity contribution in [2.24, 2.45) is 0 Å². The van der Waals surface area contributed by atoms with Gasteiger partial charge in [0, 0.05) is 18.3 Å². The summed E-state index contributed by atoms with van der Waals surface area (Å²) in [4.78, 5) is 8.80. The van der Waals surface area contributed by atoms with E-state index < -0.39 is 0 Å². The Balaban J connectivity index is 1.37. The lowest BCUT2D eigenvalue weighted by molar-refractivity contribution is 0.281. The summed E-state index contributed by atoms with van der Waals surface area (Å²) in [7, 11) is 0. The molecule has 0 atom stereocenters. The van der Waals surface area contributed by atoms with Crippen LogP contribution in [0.4, 0.5) is 11.8 Å². The summed E-state index contributed by atoms with van der Waals surface area (Å²) in [6.07, 6.45) is 6.15. The summed E-state index contributed by atoms with van der Waals surface area (Å²) in [6.45, 7) is 1.80. The number of nitrogens with zero attached hydrogens (tertiary/aromatic N) is 2. The van der Waals surface area contributed by atoms with E-state index in [9.17, 15) is 5.11 Å². The van der Waals surface area contributed by atoms with Gasteiger partial charge < -0.3 is 20.5 Å². The SMILES string of the molecule is OCc1cnc(NCCCCCc2ccccc2)nc1NCCOc1ccccc1. The van der Waals surface area contributed by atoms with Gasteiger partial charge in [-0.3, -0.25) is 0 Å². The van der Waals surface area contributed by atoms with E-state index in [0.29, 0.717) is 30.5 Å². The molecule has 0 saturated carbocycles. The van der Waals surface area contributed by atoms with Gasteiger partial charge in [0.2, 0.25) is 5.95 Å². The fourth-order valence-corrected chi connectivity index (χ4v) is 3.09. The molecule has 0 aliphatic rings. The van der Waals surface area contributed by atoms with Gasteiger partial charge in [-0.2, -0.15) is 4.98 Å². The number of para-hydroxylation sites is 1. The van der Waals surface area contributed by atoms with Crippen LogP contribution in [0, 0.1) is 0 Å². The molecule has 0 bridgehead atoms. The zero-order valence-electron chi connectivity index (χ0n) is 17.3. The van der Waals surface area contributed by atoms with Gasteiger partial charge in [-0.25, -0.2) is 4.98 Å². The molecule has 3 aromatic rings. The molecule has 0 amide bonds. The van der Waals surface area contributed by atoms with Crippen LogP contribution < -0.4 is 15.4 Å². The average Bonchev–Trinajstić information content (AvgIpc) is 2.80. The zero-order valence-corrected chi connectivity index (χ0v) is 17.3. The number of nitrogens with one attached hydrogen (secondary N) is 2. The zero-order chi connectivity index (χ0) is 20.9. The highest BCUT2D eigenvalue weighted by Crippen LogP contribution is 2.14. The first-order valence-corrected chi connectivity index (χ1v) is 10.5. The van der Waals surface area contributed by atoms with Crippen molar-refractivity contribution >= 4 is 11.8 Å². The van der Waals surface area contributed by atoms with Crippen LogP contribution >= 0.6 is 0 Å². The summed E-state index contributed by atoms with van der Waals surface area (Å²) >= 11 is 0. The molecule has 0 saturated heterocycles. The van der Waals surface area contributed by atoms with Crippen molar-refractivity contribution in [3.8, 4) is 5.75 Å². The molecule has 0 aliphatic heterocycles. The number of benzene rings is 2. The number of rotatable bonds is 13. The lowest BCUT2D eigenvalue weighted by Gasteiger charge is -2.12. The molecule has 2 aromatic carbocycles. The van der Waals surface area contributed by atoms with Crippen LogP contribution in [0.5, 0.6) is 5.75 Å². The first kappa shape index (κ1) is 21.6. The van der Waals surface area contributed by atoms with Crippen molar-refractivity contribution in [2.45, 2.75) is 32.3 Å². The van der Waals surface area contributed by atoms with Crippen LogP contribution in [0.3, 0.4) is 0 Å². The minimum absolute atomic E-state index is 0.109. The highest BCUT2D eigenvalue weighted by atomic mass is 16.5. The van der Waals surface area contributed by atoms with Crippen molar-refractivity contribution in [1.82, 2.24) is 9.97 Å². The lowest BCUT2D eigenvalue weighted by Crippen LogP contribution is -2.15. The molecule has 1 heterocycles. The monoisotopic (exact) mass is 406 g/mol. The molecule has 0 radical (unpaired) electrons. The molecular formula is C24H30N4O2. The van der Waals surface area contributed by atoms with E-state index in [2.05, 4.69) is 50.9 Å². The fraction of sp³-hybridized carbons (Fsp3) is 0.333. The smallest absolute Gasteiger partial charge is 0.224 e. The number of hydrogen-bond acceptors (Lipinski definition) is 6. The van der Waals surface area contributed by atoms with Crippen LogP contribution in [-0.2, 0) is 13.0 Å². The Labute approximate surface area is 178 Å². The molecule has 1 aromatic heterocycles. The first-order valence-electron chi connectivity index (χ1n) is 10.5. The van der Waals surface area contributed by atoms with E-state index in [1.165, 1.54) is 12.0 Å². The summed E-state index contributed by atoms with van der Waals surface area (Å²) in [5.74, 6) is 2.04. The van der Waals surface area contributed by atoms with E-state index in [4.69, 9.17) is 4.74 Å². The molecule has 158 valence electrons. The Bertz CT molecular complexity index is 860. The maximum atomic E-state index is 9.54. The van der Waals surface area contributed by atoms with Crippen molar-refractivity contribution in [2.75, 3.05) is 30.3 Å². The van der Waals surface area contributed by atoms with Gasteiger partial charge in [-0.05, 0) is 37.0 Å². The van der Waals surface area contributed by atoms with E-state index in [-0.39, 0.29) is 6.61 Å². The number of aryl methyl sites for hydroxylation is 1. The quantitative estimate of drug-likeness (QED) is 0.368. The number of aromatic nitrogens is 2. The van der Waals surface area contributed by atoms with E-state index >= 15 is 0 Å². The molecule has 6 nitrogen and oxygen atoms in total. The first-order chi connectivity index (χ1) is 14.8. The number of aliphatic hydroxyl groups is 1. The topological polar surface area (TPSA) is 79.3 Å². The summed E-state index contributed by atoms with van der Waals surface area (Å²) in [5, 5.41) is 16.0. The van der Waals surface area contributed by atoms with Crippen LogP contribution in [0.25, 0.3) is 0 Å². The molecule has 0 unspecified atom stereocenters. The van der Waals surface area contributed by atoms with Crippen molar-refractivity contribution in [1.29, 1.82) is 0 Å². The Morgan fingerprint density at radius 3 is 2.37 bits per heavy atom. The van der Waals surface area contributed by atoms with Crippen molar-refractivity contribution in [3.63, 3.8) is 0 Å². The molecule has 6 heteroatoms. The lowest BCUT2D eigenvalue weighted by atomic mass is 10.1. The third-order valence-electron chi connectivity index (χ3n) is 4.71. The summed E-state index contributed by atoms with van der Waals surface area (Å²) < 4.78 is 5.68. The van der Waals surface area contributed by atoms with Crippen LogP contribution in [0.2, 0.25) is 0 Å². The van der Waals surface area contributed by atoms with Gasteiger partial charge in [-0.1, -0.05) is 55.0 Å². The minimum atomic E-state index is -0.109. The van der Waals surface area contributed by atoms with Crippen molar-refractivity contribution < 1.29 is 9.84 Å². The number of unbranched alkanes of at least 4 members (excludes halogenated alkanes) is 2. The molecule has 3 N–H and O–H groups in total. The molecular weight excluding hydrogens is 376 g/mol. The molecule has 0 spiro atoms. The van der Waals surface area contributed by atoms with E-state index in [1.54, 1.807) is 6.20 Å². The third kappa shape index (κ3) is 7.37. The highest BCUT2D eigenvalue weighted by molar-refractivity contribution is 5.46. The predicted molar refractivity (Wildman–Crippen MR) is 121 cm³/mol.